The minimum atomic E-state index is 0. The number of aromatic nitrogens is 3. The van der Waals surface area contributed by atoms with Crippen LogP contribution in [0.3, 0.4) is 0 Å². The van der Waals surface area contributed by atoms with Gasteiger partial charge in [-0.1, -0.05) is 13.8 Å². The molecular formula is C18H36IN7O. The van der Waals surface area contributed by atoms with E-state index in [9.17, 15) is 0 Å². The first-order valence-corrected chi connectivity index (χ1v) is 9.60. The van der Waals surface area contributed by atoms with Crippen molar-refractivity contribution in [2.75, 3.05) is 39.9 Å². The Hall–Kier alpha value is -0.940. The second kappa shape index (κ2) is 12.5. The molecule has 0 saturated carbocycles. The lowest BCUT2D eigenvalue weighted by Crippen LogP contribution is -2.49. The van der Waals surface area contributed by atoms with Crippen molar-refractivity contribution in [3.63, 3.8) is 0 Å². The molecule has 2 N–H and O–H groups in total. The van der Waals surface area contributed by atoms with Gasteiger partial charge in [0.25, 0.3) is 0 Å². The van der Waals surface area contributed by atoms with Crippen LogP contribution in [0.15, 0.2) is 4.99 Å². The normalized spacial score (nSPS) is 16.4. The Morgan fingerprint density at radius 2 is 2.00 bits per heavy atom. The first kappa shape index (κ1) is 24.1. The number of nitrogens with zero attached hydrogens (tertiary/aromatic N) is 5. The minimum Gasteiger partial charge on any atom is -0.383 e. The lowest BCUT2D eigenvalue weighted by atomic mass is 10.0. The Morgan fingerprint density at radius 1 is 1.30 bits per heavy atom. The Bertz CT molecular complexity index is 568. The zero-order chi connectivity index (χ0) is 18.9. The van der Waals surface area contributed by atoms with Crippen LogP contribution < -0.4 is 10.6 Å². The van der Waals surface area contributed by atoms with Gasteiger partial charge in [-0.05, 0) is 25.7 Å². The zero-order valence-corrected chi connectivity index (χ0v) is 19.7. The number of hydrogen-bond donors (Lipinski definition) is 2. The molecule has 0 aliphatic carbocycles. The molecule has 1 aromatic heterocycles. The topological polar surface area (TPSA) is 79.6 Å². The molecule has 1 aliphatic heterocycles. The van der Waals surface area contributed by atoms with E-state index in [0.717, 1.165) is 56.0 Å². The van der Waals surface area contributed by atoms with E-state index < -0.39 is 0 Å². The van der Waals surface area contributed by atoms with Gasteiger partial charge in [-0.15, -0.1) is 34.2 Å². The third-order valence-electron chi connectivity index (χ3n) is 4.71. The third-order valence-corrected chi connectivity index (χ3v) is 4.71. The molecular weight excluding hydrogens is 457 g/mol. The fraction of sp³-hybridized carbons (Fsp3) is 0.833. The second-order valence-corrected chi connectivity index (χ2v) is 7.42. The van der Waals surface area contributed by atoms with Gasteiger partial charge in [0.2, 0.25) is 0 Å². The highest BCUT2D eigenvalue weighted by molar-refractivity contribution is 14.0. The van der Waals surface area contributed by atoms with Gasteiger partial charge in [-0.3, -0.25) is 0 Å². The Balaban J connectivity index is 0.00000364. The van der Waals surface area contributed by atoms with Crippen LogP contribution in [0, 0.1) is 12.8 Å². The highest BCUT2D eigenvalue weighted by Gasteiger charge is 2.20. The summed E-state index contributed by atoms with van der Waals surface area (Å²) in [5, 5.41) is 15.2. The quantitative estimate of drug-likeness (QED) is 0.248. The van der Waals surface area contributed by atoms with Gasteiger partial charge in [0.05, 0.1) is 6.61 Å². The molecule has 1 fully saturated rings. The largest absolute Gasteiger partial charge is 0.383 e. The fourth-order valence-corrected chi connectivity index (χ4v) is 3.13. The van der Waals surface area contributed by atoms with Gasteiger partial charge in [-0.25, -0.2) is 4.99 Å². The molecule has 0 bridgehead atoms. The van der Waals surface area contributed by atoms with Crippen molar-refractivity contribution in [3.05, 3.63) is 11.6 Å². The first-order valence-electron chi connectivity index (χ1n) is 9.60. The summed E-state index contributed by atoms with van der Waals surface area (Å²) >= 11 is 0. The molecule has 1 aromatic rings. The van der Waals surface area contributed by atoms with Crippen molar-refractivity contribution < 1.29 is 4.74 Å². The van der Waals surface area contributed by atoms with E-state index in [1.807, 2.05) is 18.5 Å². The number of guanidine groups is 1. The van der Waals surface area contributed by atoms with Crippen molar-refractivity contribution in [1.82, 2.24) is 30.3 Å². The first-order chi connectivity index (χ1) is 12.5. The number of methoxy groups -OCH3 is 1. The monoisotopic (exact) mass is 493 g/mol. The molecule has 8 nitrogen and oxygen atoms in total. The molecule has 2 rings (SSSR count). The minimum absolute atomic E-state index is 0. The van der Waals surface area contributed by atoms with Crippen LogP contribution in [0.1, 0.15) is 38.3 Å². The number of aliphatic imine (C=N–C) groups is 1. The van der Waals surface area contributed by atoms with Crippen LogP contribution in [-0.4, -0.2) is 71.6 Å². The van der Waals surface area contributed by atoms with Crippen molar-refractivity contribution in [2.24, 2.45) is 18.0 Å². The Morgan fingerprint density at radius 3 is 2.56 bits per heavy atom. The molecule has 1 saturated heterocycles. The number of piperidine rings is 1. The molecule has 0 unspecified atom stereocenters. The van der Waals surface area contributed by atoms with E-state index in [-0.39, 0.29) is 24.0 Å². The van der Waals surface area contributed by atoms with Crippen LogP contribution in [0.25, 0.3) is 0 Å². The summed E-state index contributed by atoms with van der Waals surface area (Å²) in [7, 11) is 3.68. The Kier molecular flexibility index (Phi) is 11.2. The smallest absolute Gasteiger partial charge is 0.192 e. The van der Waals surface area contributed by atoms with Gasteiger partial charge in [0, 0.05) is 46.4 Å². The van der Waals surface area contributed by atoms with E-state index in [4.69, 9.17) is 9.73 Å². The molecule has 0 radical (unpaired) electrons. The van der Waals surface area contributed by atoms with E-state index in [2.05, 4.69) is 39.6 Å². The summed E-state index contributed by atoms with van der Waals surface area (Å²) in [5.41, 5.74) is 0. The van der Waals surface area contributed by atoms with Crippen molar-refractivity contribution in [2.45, 2.75) is 46.2 Å². The average molecular weight is 493 g/mol. The summed E-state index contributed by atoms with van der Waals surface area (Å²) in [6, 6.07) is 0.452. The lowest BCUT2D eigenvalue weighted by Gasteiger charge is -2.34. The maximum atomic E-state index is 5.14. The molecule has 156 valence electrons. The highest BCUT2D eigenvalue weighted by atomic mass is 127. The van der Waals surface area contributed by atoms with E-state index in [1.54, 1.807) is 7.11 Å². The second-order valence-electron chi connectivity index (χ2n) is 7.42. The number of hydrogen-bond acceptors (Lipinski definition) is 5. The van der Waals surface area contributed by atoms with Crippen molar-refractivity contribution in [1.29, 1.82) is 0 Å². The maximum absolute atomic E-state index is 5.14. The standard InChI is InChI=1S/C18H35N7O.HI/c1-14(2)13-25-9-6-16(7-10-25)21-18(19-8-11-26-5)20-12-17-23-22-15(3)24(17)4;/h14,16H,6-13H2,1-5H3,(H2,19,20,21);1H. The molecule has 0 amide bonds. The zero-order valence-electron chi connectivity index (χ0n) is 17.4. The number of nitrogens with one attached hydrogen (secondary N) is 2. The number of ether oxygens (including phenoxy) is 1. The maximum Gasteiger partial charge on any atom is 0.192 e. The summed E-state index contributed by atoms with van der Waals surface area (Å²) in [5.74, 6) is 3.31. The predicted molar refractivity (Wildman–Crippen MR) is 120 cm³/mol. The van der Waals surface area contributed by atoms with Crippen LogP contribution in [0.5, 0.6) is 0 Å². The van der Waals surface area contributed by atoms with Gasteiger partial charge < -0.3 is 24.8 Å². The summed E-state index contributed by atoms with van der Waals surface area (Å²) in [6.45, 7) is 11.9. The SMILES string of the molecule is COCCNC(=NCc1nnc(C)n1C)NC1CCN(CC(C)C)CC1.I. The molecule has 1 aliphatic rings. The lowest BCUT2D eigenvalue weighted by molar-refractivity contribution is 0.186. The van der Waals surface area contributed by atoms with Crippen LogP contribution in [0.2, 0.25) is 0 Å². The van der Waals surface area contributed by atoms with Gasteiger partial charge in [0.15, 0.2) is 11.8 Å². The van der Waals surface area contributed by atoms with Crippen LogP contribution >= 0.6 is 24.0 Å². The number of aryl methyl sites for hydroxylation is 1. The average Bonchev–Trinajstić information content (AvgIpc) is 2.93. The summed E-state index contributed by atoms with van der Waals surface area (Å²) in [6.07, 6.45) is 2.28. The molecule has 2 heterocycles. The van der Waals surface area contributed by atoms with E-state index >= 15 is 0 Å². The molecule has 0 aromatic carbocycles. The summed E-state index contributed by atoms with van der Waals surface area (Å²) in [4.78, 5) is 7.26. The fourth-order valence-electron chi connectivity index (χ4n) is 3.13. The van der Waals surface area contributed by atoms with Gasteiger partial charge in [-0.2, -0.15) is 0 Å². The highest BCUT2D eigenvalue weighted by Crippen LogP contribution is 2.12. The van der Waals surface area contributed by atoms with E-state index in [1.165, 1.54) is 6.54 Å². The van der Waals surface area contributed by atoms with E-state index in [0.29, 0.717) is 19.2 Å². The van der Waals surface area contributed by atoms with Crippen LogP contribution in [0.4, 0.5) is 0 Å². The third kappa shape index (κ3) is 8.30. The Labute approximate surface area is 180 Å². The number of halogens is 1. The predicted octanol–water partition coefficient (Wildman–Crippen LogP) is 1.54. The molecule has 9 heteroatoms. The van der Waals surface area contributed by atoms with Crippen molar-refractivity contribution in [3.8, 4) is 0 Å². The number of rotatable bonds is 8. The van der Waals surface area contributed by atoms with Gasteiger partial charge in [0.1, 0.15) is 12.4 Å². The molecule has 0 atom stereocenters. The number of likely N-dealkylation sites (tertiary alicyclic amines) is 1. The van der Waals surface area contributed by atoms with Crippen molar-refractivity contribution >= 4 is 29.9 Å². The van der Waals surface area contributed by atoms with Gasteiger partial charge >= 0.3 is 0 Å². The molecule has 27 heavy (non-hydrogen) atoms. The molecule has 0 spiro atoms. The van der Waals surface area contributed by atoms with Crippen LogP contribution in [-0.2, 0) is 18.3 Å². The summed E-state index contributed by atoms with van der Waals surface area (Å²) < 4.78 is 7.11.